The summed E-state index contributed by atoms with van der Waals surface area (Å²) in [5.74, 6) is -1.25. The third-order valence-electron chi connectivity index (χ3n) is 3.47. The molecule has 2 aromatic heterocycles. The molecule has 138 valence electrons. The van der Waals surface area contributed by atoms with E-state index in [-0.39, 0.29) is 27.9 Å². The average Bonchev–Trinajstić information content (AvgIpc) is 3.01. The van der Waals surface area contributed by atoms with E-state index in [0.29, 0.717) is 5.69 Å². The number of aromatic nitrogens is 5. The number of nitrogens with zero attached hydrogens (tertiary/aromatic N) is 5. The minimum absolute atomic E-state index is 0.0232. The van der Waals surface area contributed by atoms with Gasteiger partial charge in [-0.1, -0.05) is 17.7 Å². The molecule has 0 spiro atoms. The zero-order chi connectivity index (χ0) is 19.6. The third kappa shape index (κ3) is 3.90. The van der Waals surface area contributed by atoms with Crippen LogP contribution in [0.25, 0.3) is 5.95 Å². The standard InChI is InChI=1S/C16H13ClFN7O2/c1-8-6-13(25(24-8)16-20-14(26)9(2)21-23-16)15(27)22-19-7-10-11(17)4-3-5-12(10)18/h3-7H,1-2H3,(H,22,27)(H,20,23,26)/b19-7-. The summed E-state index contributed by atoms with van der Waals surface area (Å²) in [4.78, 5) is 26.6. The number of hydrogen-bond acceptors (Lipinski definition) is 6. The second kappa shape index (κ2) is 7.46. The molecule has 0 fully saturated rings. The Kier molecular flexibility index (Phi) is 5.08. The van der Waals surface area contributed by atoms with Crippen LogP contribution in [-0.4, -0.2) is 37.1 Å². The maximum atomic E-state index is 13.7. The van der Waals surface area contributed by atoms with Crippen molar-refractivity contribution in [2.45, 2.75) is 13.8 Å². The molecular weight excluding hydrogens is 377 g/mol. The van der Waals surface area contributed by atoms with Crippen LogP contribution in [0.15, 0.2) is 34.2 Å². The smallest absolute Gasteiger partial charge is 0.288 e. The molecule has 0 atom stereocenters. The van der Waals surface area contributed by atoms with Crippen molar-refractivity contribution < 1.29 is 9.18 Å². The SMILES string of the molecule is Cc1cc(C(=O)N/N=C\c2c(F)cccc2Cl)n(-c2nnc(C)c(=O)[nH]2)n1. The van der Waals surface area contributed by atoms with E-state index in [0.717, 1.165) is 10.9 Å². The van der Waals surface area contributed by atoms with Gasteiger partial charge < -0.3 is 0 Å². The highest BCUT2D eigenvalue weighted by Gasteiger charge is 2.17. The molecule has 11 heteroatoms. The van der Waals surface area contributed by atoms with Gasteiger partial charge in [0, 0.05) is 5.56 Å². The van der Waals surface area contributed by atoms with Crippen molar-refractivity contribution in [3.8, 4) is 5.95 Å². The fraction of sp³-hybridized carbons (Fsp3) is 0.125. The van der Waals surface area contributed by atoms with Crippen LogP contribution < -0.4 is 11.0 Å². The van der Waals surface area contributed by atoms with Crippen molar-refractivity contribution >= 4 is 23.7 Å². The van der Waals surface area contributed by atoms with E-state index in [1.54, 1.807) is 6.92 Å². The minimum Gasteiger partial charge on any atom is -0.288 e. The Morgan fingerprint density at radius 2 is 2.15 bits per heavy atom. The quantitative estimate of drug-likeness (QED) is 0.518. The largest absolute Gasteiger partial charge is 0.290 e. The molecule has 1 aromatic carbocycles. The third-order valence-corrected chi connectivity index (χ3v) is 3.80. The molecule has 27 heavy (non-hydrogen) atoms. The molecule has 3 rings (SSSR count). The number of H-pyrrole nitrogens is 1. The van der Waals surface area contributed by atoms with Crippen molar-refractivity contribution in [3.63, 3.8) is 0 Å². The van der Waals surface area contributed by atoms with E-state index in [1.165, 1.54) is 31.2 Å². The van der Waals surface area contributed by atoms with Crippen LogP contribution in [-0.2, 0) is 0 Å². The first-order chi connectivity index (χ1) is 12.9. The lowest BCUT2D eigenvalue weighted by Gasteiger charge is -2.04. The fourth-order valence-electron chi connectivity index (χ4n) is 2.15. The number of hydrazone groups is 1. The van der Waals surface area contributed by atoms with Crippen molar-refractivity contribution in [2.24, 2.45) is 5.10 Å². The number of halogens is 2. The Bertz CT molecular complexity index is 1090. The van der Waals surface area contributed by atoms with Gasteiger partial charge in [0.25, 0.3) is 17.4 Å². The van der Waals surface area contributed by atoms with Gasteiger partial charge in [0.05, 0.1) is 16.9 Å². The fourth-order valence-corrected chi connectivity index (χ4v) is 2.36. The first-order valence-electron chi connectivity index (χ1n) is 7.65. The second-order valence-corrected chi connectivity index (χ2v) is 5.89. The summed E-state index contributed by atoms with van der Waals surface area (Å²) in [6.07, 6.45) is 1.09. The van der Waals surface area contributed by atoms with Crippen LogP contribution in [0.4, 0.5) is 4.39 Å². The van der Waals surface area contributed by atoms with Gasteiger partial charge in [-0.2, -0.15) is 14.9 Å². The maximum Gasteiger partial charge on any atom is 0.290 e. The zero-order valence-electron chi connectivity index (χ0n) is 14.2. The number of amides is 1. The normalized spacial score (nSPS) is 11.1. The molecule has 1 amide bonds. The predicted octanol–water partition coefficient (Wildman–Crippen LogP) is 1.52. The number of carbonyl (C=O) groups is 1. The Labute approximate surface area is 156 Å². The average molecular weight is 390 g/mol. The van der Waals surface area contributed by atoms with Gasteiger partial charge in [0.2, 0.25) is 0 Å². The molecular formula is C16H13ClFN7O2. The van der Waals surface area contributed by atoms with Gasteiger partial charge >= 0.3 is 0 Å². The number of benzene rings is 1. The molecule has 3 aromatic rings. The Morgan fingerprint density at radius 3 is 2.85 bits per heavy atom. The van der Waals surface area contributed by atoms with Crippen molar-refractivity contribution in [3.05, 3.63) is 68.1 Å². The highest BCUT2D eigenvalue weighted by atomic mass is 35.5. The van der Waals surface area contributed by atoms with Gasteiger partial charge in [-0.3, -0.25) is 14.6 Å². The summed E-state index contributed by atoms with van der Waals surface area (Å²) >= 11 is 5.89. The topological polar surface area (TPSA) is 118 Å². The molecule has 0 bridgehead atoms. The van der Waals surface area contributed by atoms with Crippen LogP contribution in [0.2, 0.25) is 5.02 Å². The molecule has 2 N–H and O–H groups in total. The van der Waals surface area contributed by atoms with Gasteiger partial charge in [0.15, 0.2) is 0 Å². The van der Waals surface area contributed by atoms with Crippen molar-refractivity contribution in [1.29, 1.82) is 0 Å². The Balaban J connectivity index is 1.86. The molecule has 0 saturated heterocycles. The summed E-state index contributed by atoms with van der Waals surface area (Å²) in [6.45, 7) is 3.16. The minimum atomic E-state index is -0.650. The number of carbonyl (C=O) groups excluding carboxylic acids is 1. The van der Waals surface area contributed by atoms with Crippen molar-refractivity contribution in [2.75, 3.05) is 0 Å². The number of aromatic amines is 1. The van der Waals surface area contributed by atoms with Crippen LogP contribution in [0.3, 0.4) is 0 Å². The molecule has 0 saturated carbocycles. The highest BCUT2D eigenvalue weighted by Crippen LogP contribution is 2.16. The monoisotopic (exact) mass is 389 g/mol. The maximum absolute atomic E-state index is 13.7. The molecule has 0 aliphatic rings. The molecule has 0 radical (unpaired) electrons. The summed E-state index contributed by atoms with van der Waals surface area (Å²) in [6, 6.07) is 5.65. The molecule has 2 heterocycles. The van der Waals surface area contributed by atoms with E-state index >= 15 is 0 Å². The lowest BCUT2D eigenvalue weighted by atomic mass is 10.2. The first-order valence-corrected chi connectivity index (χ1v) is 8.02. The van der Waals surface area contributed by atoms with Crippen LogP contribution >= 0.6 is 11.6 Å². The van der Waals surface area contributed by atoms with Crippen LogP contribution in [0.1, 0.15) is 27.4 Å². The van der Waals surface area contributed by atoms with Gasteiger partial charge in [-0.25, -0.2) is 9.82 Å². The molecule has 0 aliphatic heterocycles. The van der Waals surface area contributed by atoms with Crippen LogP contribution in [0, 0.1) is 19.7 Å². The zero-order valence-corrected chi connectivity index (χ0v) is 15.0. The first kappa shape index (κ1) is 18.4. The second-order valence-electron chi connectivity index (χ2n) is 5.48. The van der Waals surface area contributed by atoms with Gasteiger partial charge in [-0.15, -0.1) is 10.2 Å². The molecule has 9 nitrogen and oxygen atoms in total. The number of hydrogen-bond donors (Lipinski definition) is 2. The van der Waals surface area contributed by atoms with Gasteiger partial charge in [-0.05, 0) is 32.0 Å². The Morgan fingerprint density at radius 1 is 1.37 bits per heavy atom. The van der Waals surface area contributed by atoms with Crippen LogP contribution in [0.5, 0.6) is 0 Å². The van der Waals surface area contributed by atoms with E-state index in [1.807, 2.05) is 0 Å². The molecule has 0 aliphatic carbocycles. The van der Waals surface area contributed by atoms with E-state index in [9.17, 15) is 14.0 Å². The molecule has 0 unspecified atom stereocenters. The van der Waals surface area contributed by atoms with Crippen molar-refractivity contribution in [1.82, 2.24) is 30.4 Å². The van der Waals surface area contributed by atoms with E-state index in [2.05, 4.69) is 30.8 Å². The number of rotatable bonds is 4. The summed E-state index contributed by atoms with van der Waals surface area (Å²) in [7, 11) is 0. The lowest BCUT2D eigenvalue weighted by molar-refractivity contribution is 0.0947. The summed E-state index contributed by atoms with van der Waals surface area (Å²) in [5, 5.41) is 15.5. The van der Waals surface area contributed by atoms with E-state index in [4.69, 9.17) is 11.6 Å². The summed E-state index contributed by atoms with van der Waals surface area (Å²) in [5.41, 5.74) is 2.58. The summed E-state index contributed by atoms with van der Waals surface area (Å²) < 4.78 is 14.8. The highest BCUT2D eigenvalue weighted by molar-refractivity contribution is 6.33. The Hall–Kier alpha value is -3.40. The van der Waals surface area contributed by atoms with Gasteiger partial charge in [0.1, 0.15) is 17.2 Å². The van der Waals surface area contributed by atoms with E-state index < -0.39 is 17.3 Å². The number of nitrogens with one attached hydrogen (secondary N) is 2. The number of aryl methyl sites for hydroxylation is 2. The lowest BCUT2D eigenvalue weighted by Crippen LogP contribution is -2.24. The predicted molar refractivity (Wildman–Crippen MR) is 95.7 cm³/mol.